The fourth-order valence-electron chi connectivity index (χ4n) is 2.02. The molecule has 10 heteroatoms. The summed E-state index contributed by atoms with van der Waals surface area (Å²) < 4.78 is 40.8. The van der Waals surface area contributed by atoms with Crippen molar-refractivity contribution in [3.8, 4) is 5.88 Å². The van der Waals surface area contributed by atoms with Crippen molar-refractivity contribution in [2.45, 2.75) is 25.9 Å². The van der Waals surface area contributed by atoms with E-state index in [1.807, 2.05) is 6.92 Å². The van der Waals surface area contributed by atoms with Gasteiger partial charge in [-0.25, -0.2) is 4.98 Å². The zero-order valence-corrected chi connectivity index (χ0v) is 14.0. The Balaban J connectivity index is 1.83. The molecule has 0 spiro atoms. The maximum Gasteiger partial charge on any atom is 0.422 e. The highest BCUT2D eigenvalue weighted by molar-refractivity contribution is 6.32. The molecule has 2 aromatic rings. The van der Waals surface area contributed by atoms with Crippen LogP contribution in [0.25, 0.3) is 0 Å². The standard InChI is InChI=1S/C15H16ClF3N4O2/c1-9-10(7-22-23-9)3-2-4-20-13(24)11-5-12(16)14(21-6-11)25-8-15(17,18)19/h5-7H,2-4,8H2,1H3,(H,20,24)(H,22,23). The number of aryl methyl sites for hydroxylation is 2. The lowest BCUT2D eigenvalue weighted by atomic mass is 10.1. The van der Waals surface area contributed by atoms with Gasteiger partial charge in [0.1, 0.15) is 5.02 Å². The van der Waals surface area contributed by atoms with Gasteiger partial charge in [0, 0.05) is 18.4 Å². The molecule has 0 aliphatic carbocycles. The van der Waals surface area contributed by atoms with E-state index in [1.54, 1.807) is 6.20 Å². The van der Waals surface area contributed by atoms with Crippen LogP contribution in [0.15, 0.2) is 18.5 Å². The van der Waals surface area contributed by atoms with Crippen LogP contribution in [0.3, 0.4) is 0 Å². The van der Waals surface area contributed by atoms with Crippen LogP contribution in [0.4, 0.5) is 13.2 Å². The van der Waals surface area contributed by atoms with Gasteiger partial charge < -0.3 is 10.1 Å². The minimum Gasteiger partial charge on any atom is -0.467 e. The van der Waals surface area contributed by atoms with Crippen LogP contribution in [0.5, 0.6) is 5.88 Å². The summed E-state index contributed by atoms with van der Waals surface area (Å²) in [6, 6.07) is 1.22. The molecule has 136 valence electrons. The Morgan fingerprint density at radius 3 is 2.76 bits per heavy atom. The lowest BCUT2D eigenvalue weighted by Crippen LogP contribution is -2.25. The minimum atomic E-state index is -4.49. The van der Waals surface area contributed by atoms with Crippen LogP contribution >= 0.6 is 11.6 Å². The van der Waals surface area contributed by atoms with E-state index in [2.05, 4.69) is 25.2 Å². The first kappa shape index (κ1) is 19.0. The molecule has 1 amide bonds. The number of aromatic amines is 1. The summed E-state index contributed by atoms with van der Waals surface area (Å²) >= 11 is 5.80. The first-order valence-corrected chi connectivity index (χ1v) is 7.76. The van der Waals surface area contributed by atoms with Gasteiger partial charge in [-0.2, -0.15) is 18.3 Å². The average molecular weight is 377 g/mol. The molecule has 2 N–H and O–H groups in total. The van der Waals surface area contributed by atoms with Crippen LogP contribution in [-0.4, -0.2) is 40.4 Å². The molecule has 2 rings (SSSR count). The number of pyridine rings is 1. The van der Waals surface area contributed by atoms with E-state index in [0.29, 0.717) is 13.0 Å². The van der Waals surface area contributed by atoms with Gasteiger partial charge in [0.25, 0.3) is 5.91 Å². The monoisotopic (exact) mass is 376 g/mol. The lowest BCUT2D eigenvalue weighted by Gasteiger charge is -2.10. The molecule has 2 aromatic heterocycles. The van der Waals surface area contributed by atoms with E-state index >= 15 is 0 Å². The second-order valence-electron chi connectivity index (χ2n) is 5.29. The number of ether oxygens (including phenoxy) is 1. The van der Waals surface area contributed by atoms with Gasteiger partial charge in [-0.05, 0) is 31.4 Å². The van der Waals surface area contributed by atoms with Crippen molar-refractivity contribution in [2.24, 2.45) is 0 Å². The molecule has 0 aliphatic rings. The molecule has 6 nitrogen and oxygen atoms in total. The number of halogens is 4. The highest BCUT2D eigenvalue weighted by atomic mass is 35.5. The zero-order chi connectivity index (χ0) is 18.4. The predicted molar refractivity (Wildman–Crippen MR) is 84.8 cm³/mol. The number of hydrogen-bond acceptors (Lipinski definition) is 4. The Morgan fingerprint density at radius 1 is 1.40 bits per heavy atom. The van der Waals surface area contributed by atoms with Crippen molar-refractivity contribution in [3.05, 3.63) is 40.3 Å². The van der Waals surface area contributed by atoms with Crippen molar-refractivity contribution >= 4 is 17.5 Å². The summed E-state index contributed by atoms with van der Waals surface area (Å²) in [6.07, 6.45) is -0.173. The molecule has 0 saturated carbocycles. The second-order valence-corrected chi connectivity index (χ2v) is 5.70. The summed E-state index contributed by atoms with van der Waals surface area (Å²) in [5.74, 6) is -0.785. The predicted octanol–water partition coefficient (Wildman–Crippen LogP) is 3.07. The molecule has 0 radical (unpaired) electrons. The number of nitrogens with one attached hydrogen (secondary N) is 2. The number of carbonyl (C=O) groups excluding carboxylic acids is 1. The van der Waals surface area contributed by atoms with E-state index < -0.39 is 18.7 Å². The molecule has 25 heavy (non-hydrogen) atoms. The maximum absolute atomic E-state index is 12.1. The first-order valence-electron chi connectivity index (χ1n) is 7.38. The van der Waals surface area contributed by atoms with Crippen molar-refractivity contribution in [1.29, 1.82) is 0 Å². The van der Waals surface area contributed by atoms with Gasteiger partial charge in [0.2, 0.25) is 5.88 Å². The number of hydrogen-bond donors (Lipinski definition) is 2. The number of alkyl halides is 3. The van der Waals surface area contributed by atoms with E-state index in [0.717, 1.165) is 23.9 Å². The number of amides is 1. The Kier molecular flexibility index (Phi) is 6.24. The number of carbonyl (C=O) groups is 1. The number of rotatable bonds is 7. The zero-order valence-electron chi connectivity index (χ0n) is 13.3. The molecule has 0 bridgehead atoms. The molecule has 0 atom stereocenters. The number of H-pyrrole nitrogens is 1. The summed E-state index contributed by atoms with van der Waals surface area (Å²) in [7, 11) is 0. The van der Waals surface area contributed by atoms with E-state index in [9.17, 15) is 18.0 Å². The van der Waals surface area contributed by atoms with E-state index in [1.165, 1.54) is 6.07 Å². The fourth-order valence-corrected chi connectivity index (χ4v) is 2.24. The van der Waals surface area contributed by atoms with Gasteiger partial charge >= 0.3 is 6.18 Å². The quantitative estimate of drug-likeness (QED) is 0.728. The third-order valence-electron chi connectivity index (χ3n) is 3.28. The van der Waals surface area contributed by atoms with Crippen molar-refractivity contribution in [2.75, 3.05) is 13.2 Å². The van der Waals surface area contributed by atoms with Gasteiger partial charge in [-0.3, -0.25) is 9.89 Å². The summed E-state index contributed by atoms with van der Waals surface area (Å²) in [4.78, 5) is 15.7. The molecule has 0 saturated heterocycles. The number of aromatic nitrogens is 3. The van der Waals surface area contributed by atoms with Crippen molar-refractivity contribution in [3.63, 3.8) is 0 Å². The normalized spacial score (nSPS) is 11.4. The molecular formula is C15H16ClF3N4O2. The van der Waals surface area contributed by atoms with E-state index in [-0.39, 0.29) is 16.5 Å². The number of nitrogens with zero attached hydrogens (tertiary/aromatic N) is 2. The highest BCUT2D eigenvalue weighted by Crippen LogP contribution is 2.24. The van der Waals surface area contributed by atoms with Gasteiger partial charge in [0.05, 0.1) is 11.8 Å². The van der Waals surface area contributed by atoms with Crippen LogP contribution in [0.2, 0.25) is 5.02 Å². The van der Waals surface area contributed by atoms with Crippen LogP contribution in [-0.2, 0) is 6.42 Å². The molecule has 0 aromatic carbocycles. The highest BCUT2D eigenvalue weighted by Gasteiger charge is 2.29. The summed E-state index contributed by atoms with van der Waals surface area (Å²) in [6.45, 7) is 0.836. The van der Waals surface area contributed by atoms with Crippen LogP contribution < -0.4 is 10.1 Å². The lowest BCUT2D eigenvalue weighted by molar-refractivity contribution is -0.154. The minimum absolute atomic E-state index is 0.142. The third kappa shape index (κ3) is 5.93. The fraction of sp³-hybridized carbons (Fsp3) is 0.400. The Morgan fingerprint density at radius 2 is 2.16 bits per heavy atom. The maximum atomic E-state index is 12.1. The molecule has 0 fully saturated rings. The van der Waals surface area contributed by atoms with Crippen molar-refractivity contribution in [1.82, 2.24) is 20.5 Å². The third-order valence-corrected chi connectivity index (χ3v) is 3.56. The SMILES string of the molecule is Cc1[nH]ncc1CCCNC(=O)c1cnc(OCC(F)(F)F)c(Cl)c1. The molecule has 2 heterocycles. The summed E-state index contributed by atoms with van der Waals surface area (Å²) in [5, 5.41) is 9.28. The smallest absolute Gasteiger partial charge is 0.422 e. The van der Waals surface area contributed by atoms with E-state index in [4.69, 9.17) is 11.6 Å². The van der Waals surface area contributed by atoms with Crippen LogP contribution in [0.1, 0.15) is 28.0 Å². The topological polar surface area (TPSA) is 79.9 Å². The second kappa shape index (κ2) is 8.19. The Hall–Kier alpha value is -2.29. The van der Waals surface area contributed by atoms with Gasteiger partial charge in [-0.15, -0.1) is 0 Å². The summed E-state index contributed by atoms with van der Waals surface area (Å²) in [5.41, 5.74) is 2.20. The molecule has 0 aliphatic heterocycles. The van der Waals surface area contributed by atoms with Crippen LogP contribution in [0, 0.1) is 6.92 Å². The molecular weight excluding hydrogens is 361 g/mol. The molecule has 0 unspecified atom stereocenters. The van der Waals surface area contributed by atoms with Crippen molar-refractivity contribution < 1.29 is 22.7 Å². The van der Waals surface area contributed by atoms with Gasteiger partial charge in [-0.1, -0.05) is 11.6 Å². The average Bonchev–Trinajstić information content (AvgIpc) is 2.94. The van der Waals surface area contributed by atoms with Gasteiger partial charge in [0.15, 0.2) is 6.61 Å². The Labute approximate surface area is 146 Å². The first-order chi connectivity index (χ1) is 11.8. The largest absolute Gasteiger partial charge is 0.467 e. The Bertz CT molecular complexity index is 734.